The zero-order valence-corrected chi connectivity index (χ0v) is 19.9. The summed E-state index contributed by atoms with van der Waals surface area (Å²) in [5.74, 6) is -1.25. The van der Waals surface area contributed by atoms with Crippen molar-refractivity contribution in [3.05, 3.63) is 70.2 Å². The molecule has 0 saturated carbocycles. The van der Waals surface area contributed by atoms with Crippen LogP contribution in [0, 0.1) is 0 Å². The van der Waals surface area contributed by atoms with Crippen molar-refractivity contribution >= 4 is 33.7 Å². The Kier molecular flexibility index (Phi) is 8.80. The third kappa shape index (κ3) is 8.53. The minimum Gasteiger partial charge on any atom is -0.458 e. The number of carbonyl (C=O) groups is 3. The first kappa shape index (κ1) is 24.6. The molecule has 0 radical (unpaired) electrons. The van der Waals surface area contributed by atoms with Gasteiger partial charge in [-0.05, 0) is 44.9 Å². The van der Waals surface area contributed by atoms with Crippen molar-refractivity contribution in [2.45, 2.75) is 58.2 Å². The molecule has 0 bridgehead atoms. The summed E-state index contributed by atoms with van der Waals surface area (Å²) in [6.45, 7) is 6.91. The Morgan fingerprint density at radius 1 is 0.968 bits per heavy atom. The smallest absolute Gasteiger partial charge is 0.329 e. The Balaban J connectivity index is 2.02. The van der Waals surface area contributed by atoms with E-state index in [1.807, 2.05) is 54.6 Å². The fourth-order valence-electron chi connectivity index (χ4n) is 2.89. The average molecular weight is 489 g/mol. The summed E-state index contributed by atoms with van der Waals surface area (Å²) in [6, 6.07) is 15.1. The predicted molar refractivity (Wildman–Crippen MR) is 123 cm³/mol. The summed E-state index contributed by atoms with van der Waals surface area (Å²) in [5, 5.41) is 5.42. The largest absolute Gasteiger partial charge is 0.458 e. The van der Waals surface area contributed by atoms with Gasteiger partial charge in [0.25, 0.3) is 0 Å². The van der Waals surface area contributed by atoms with Crippen molar-refractivity contribution in [3.63, 3.8) is 0 Å². The van der Waals surface area contributed by atoms with E-state index in [0.29, 0.717) is 6.42 Å². The second kappa shape index (κ2) is 11.1. The lowest BCUT2D eigenvalue weighted by molar-refractivity contribution is -0.158. The second-order valence-electron chi connectivity index (χ2n) is 8.34. The van der Waals surface area contributed by atoms with Gasteiger partial charge in [0.2, 0.25) is 11.8 Å². The molecular weight excluding hydrogens is 460 g/mol. The molecule has 0 fully saturated rings. The molecule has 2 atom stereocenters. The van der Waals surface area contributed by atoms with Gasteiger partial charge in [0.05, 0.1) is 6.42 Å². The molecule has 0 heterocycles. The van der Waals surface area contributed by atoms with Gasteiger partial charge in [-0.1, -0.05) is 64.5 Å². The number of hydrogen-bond donors (Lipinski definition) is 2. The molecular formula is C24H29BrN2O4. The van der Waals surface area contributed by atoms with Crippen LogP contribution in [-0.2, 0) is 32.0 Å². The number of halogens is 1. The van der Waals surface area contributed by atoms with Gasteiger partial charge in [0.15, 0.2) is 0 Å². The second-order valence-corrected chi connectivity index (χ2v) is 9.20. The molecule has 6 nitrogen and oxygen atoms in total. The van der Waals surface area contributed by atoms with Gasteiger partial charge in [-0.15, -0.1) is 0 Å². The Morgan fingerprint density at radius 2 is 1.58 bits per heavy atom. The maximum atomic E-state index is 12.7. The molecule has 7 heteroatoms. The van der Waals surface area contributed by atoms with Crippen LogP contribution in [0.25, 0.3) is 0 Å². The average Bonchev–Trinajstić information content (AvgIpc) is 2.68. The highest BCUT2D eigenvalue weighted by Gasteiger charge is 2.28. The lowest BCUT2D eigenvalue weighted by Gasteiger charge is -2.25. The van der Waals surface area contributed by atoms with Crippen LogP contribution in [0.3, 0.4) is 0 Å². The van der Waals surface area contributed by atoms with Crippen LogP contribution in [0.15, 0.2) is 59.1 Å². The Morgan fingerprint density at radius 3 is 2.19 bits per heavy atom. The molecule has 2 aromatic rings. The molecule has 2 aromatic carbocycles. The highest BCUT2D eigenvalue weighted by molar-refractivity contribution is 9.10. The number of hydrogen-bond acceptors (Lipinski definition) is 4. The van der Waals surface area contributed by atoms with Crippen LogP contribution in [0.4, 0.5) is 0 Å². The number of benzene rings is 2. The number of ether oxygens (including phenoxy) is 1. The van der Waals surface area contributed by atoms with E-state index in [4.69, 9.17) is 4.74 Å². The highest BCUT2D eigenvalue weighted by atomic mass is 79.9. The topological polar surface area (TPSA) is 84.5 Å². The Bertz CT molecular complexity index is 909. The van der Waals surface area contributed by atoms with Crippen molar-refractivity contribution in [1.82, 2.24) is 10.6 Å². The van der Waals surface area contributed by atoms with E-state index < -0.39 is 29.6 Å². The third-order valence-electron chi connectivity index (χ3n) is 4.37. The third-order valence-corrected chi connectivity index (χ3v) is 5.14. The zero-order valence-electron chi connectivity index (χ0n) is 18.3. The molecule has 0 unspecified atom stereocenters. The molecule has 166 valence electrons. The lowest BCUT2D eigenvalue weighted by atomic mass is 10.0. The molecule has 2 amide bonds. The van der Waals surface area contributed by atoms with Gasteiger partial charge in [-0.2, -0.15) is 0 Å². The van der Waals surface area contributed by atoms with Gasteiger partial charge >= 0.3 is 5.97 Å². The van der Waals surface area contributed by atoms with Crippen LogP contribution < -0.4 is 10.6 Å². The van der Waals surface area contributed by atoms with E-state index >= 15 is 0 Å². The fraction of sp³-hybridized carbons (Fsp3) is 0.375. The molecule has 31 heavy (non-hydrogen) atoms. The van der Waals surface area contributed by atoms with Crippen molar-refractivity contribution in [2.75, 3.05) is 0 Å². The number of nitrogens with one attached hydrogen (secondary N) is 2. The Labute approximate surface area is 191 Å². The maximum Gasteiger partial charge on any atom is 0.329 e. The predicted octanol–water partition coefficient (Wildman–Crippen LogP) is 3.57. The lowest BCUT2D eigenvalue weighted by Crippen LogP contribution is -2.52. The number of amides is 2. The van der Waals surface area contributed by atoms with Crippen molar-refractivity contribution in [2.24, 2.45) is 0 Å². The number of esters is 1. The molecule has 0 aliphatic rings. The van der Waals surface area contributed by atoms with Crippen LogP contribution in [-0.4, -0.2) is 35.5 Å². The van der Waals surface area contributed by atoms with Crippen molar-refractivity contribution in [3.8, 4) is 0 Å². The van der Waals surface area contributed by atoms with Gasteiger partial charge < -0.3 is 15.4 Å². The summed E-state index contributed by atoms with van der Waals surface area (Å²) >= 11 is 3.41. The van der Waals surface area contributed by atoms with Crippen LogP contribution >= 0.6 is 15.9 Å². The SMILES string of the molecule is C[C@H](NC(=O)Cc1ccccc1Br)C(=O)N[C@@H](Cc1ccccc1)C(=O)OC(C)(C)C. The minimum absolute atomic E-state index is 0.137. The normalized spacial score (nSPS) is 13.1. The first-order valence-corrected chi connectivity index (χ1v) is 10.9. The van der Waals surface area contributed by atoms with Crippen molar-refractivity contribution in [1.29, 1.82) is 0 Å². The Hall–Kier alpha value is -2.67. The highest BCUT2D eigenvalue weighted by Crippen LogP contribution is 2.16. The van der Waals surface area contributed by atoms with Gasteiger partial charge in [-0.3, -0.25) is 9.59 Å². The van der Waals surface area contributed by atoms with Crippen LogP contribution in [0.5, 0.6) is 0 Å². The summed E-state index contributed by atoms with van der Waals surface area (Å²) in [6.07, 6.45) is 0.428. The van der Waals surface area contributed by atoms with Crippen LogP contribution in [0.1, 0.15) is 38.8 Å². The van der Waals surface area contributed by atoms with E-state index in [1.165, 1.54) is 0 Å². The molecule has 0 spiro atoms. The van der Waals surface area contributed by atoms with E-state index in [2.05, 4.69) is 26.6 Å². The molecule has 0 aromatic heterocycles. The molecule has 0 aliphatic carbocycles. The monoisotopic (exact) mass is 488 g/mol. The van der Waals surface area contributed by atoms with E-state index in [-0.39, 0.29) is 12.3 Å². The summed E-state index contributed by atoms with van der Waals surface area (Å²) in [5.41, 5.74) is 1.03. The number of rotatable bonds is 8. The first-order chi connectivity index (χ1) is 14.5. The zero-order chi connectivity index (χ0) is 23.0. The van der Waals surface area contributed by atoms with E-state index in [1.54, 1.807) is 27.7 Å². The molecule has 2 N–H and O–H groups in total. The maximum absolute atomic E-state index is 12.7. The van der Waals surface area contributed by atoms with E-state index in [9.17, 15) is 14.4 Å². The van der Waals surface area contributed by atoms with Gasteiger partial charge in [-0.25, -0.2) is 4.79 Å². The minimum atomic E-state index is -0.864. The van der Waals surface area contributed by atoms with E-state index in [0.717, 1.165) is 15.6 Å². The summed E-state index contributed by atoms with van der Waals surface area (Å²) in [7, 11) is 0. The van der Waals surface area contributed by atoms with Crippen LogP contribution in [0.2, 0.25) is 0 Å². The fourth-order valence-corrected chi connectivity index (χ4v) is 3.31. The van der Waals surface area contributed by atoms with Gasteiger partial charge in [0, 0.05) is 10.9 Å². The van der Waals surface area contributed by atoms with Gasteiger partial charge in [0.1, 0.15) is 17.7 Å². The first-order valence-electron chi connectivity index (χ1n) is 10.1. The molecule has 0 aliphatic heterocycles. The quantitative estimate of drug-likeness (QED) is 0.556. The summed E-state index contributed by atoms with van der Waals surface area (Å²) in [4.78, 5) is 37.8. The molecule has 0 saturated heterocycles. The number of carbonyl (C=O) groups excluding carboxylic acids is 3. The standard InChI is InChI=1S/C24H29BrN2O4/c1-16(26-21(28)15-18-12-8-9-13-19(18)25)22(29)27-20(23(30)31-24(2,3)4)14-17-10-6-5-7-11-17/h5-13,16,20H,14-15H2,1-4H3,(H,26,28)(H,27,29)/t16-,20-/m0/s1. The summed E-state index contributed by atoms with van der Waals surface area (Å²) < 4.78 is 6.31. The van der Waals surface area contributed by atoms with Crippen molar-refractivity contribution < 1.29 is 19.1 Å². The molecule has 2 rings (SSSR count).